The van der Waals surface area contributed by atoms with Gasteiger partial charge in [-0.15, -0.1) is 6.58 Å². The van der Waals surface area contributed by atoms with Gasteiger partial charge in [0, 0.05) is 8.04 Å². The molecule has 1 unspecified atom stereocenters. The fourth-order valence-corrected chi connectivity index (χ4v) is 2.09. The SMILES string of the molecule is C=CC(NN)c1cc(Br)ccc1I. The monoisotopic (exact) mass is 352 g/mol. The normalized spacial score (nSPS) is 12.5. The third kappa shape index (κ3) is 2.77. The Morgan fingerprint density at radius 3 is 2.85 bits per heavy atom. The molecule has 0 heterocycles. The molecule has 4 heteroatoms. The molecule has 1 aromatic carbocycles. The summed E-state index contributed by atoms with van der Waals surface area (Å²) in [4.78, 5) is 0. The lowest BCUT2D eigenvalue weighted by molar-refractivity contribution is 0.654. The van der Waals surface area contributed by atoms with Crippen molar-refractivity contribution in [3.8, 4) is 0 Å². The molecule has 0 radical (unpaired) electrons. The zero-order valence-corrected chi connectivity index (χ0v) is 10.7. The lowest BCUT2D eigenvalue weighted by Gasteiger charge is -2.13. The van der Waals surface area contributed by atoms with Crippen molar-refractivity contribution in [3.63, 3.8) is 0 Å². The van der Waals surface area contributed by atoms with Gasteiger partial charge in [0.1, 0.15) is 0 Å². The van der Waals surface area contributed by atoms with Crippen LogP contribution in [0.15, 0.2) is 35.3 Å². The van der Waals surface area contributed by atoms with Gasteiger partial charge in [0.25, 0.3) is 0 Å². The Labute approximate surface area is 99.8 Å². The second kappa shape index (κ2) is 5.09. The van der Waals surface area contributed by atoms with Crippen LogP contribution in [0, 0.1) is 3.57 Å². The number of nitrogens with one attached hydrogen (secondary N) is 1. The smallest absolute Gasteiger partial charge is 0.0648 e. The predicted molar refractivity (Wildman–Crippen MR) is 67.1 cm³/mol. The third-order valence-electron chi connectivity index (χ3n) is 1.71. The number of hydrogen-bond donors (Lipinski definition) is 2. The van der Waals surface area contributed by atoms with E-state index in [0.29, 0.717) is 0 Å². The van der Waals surface area contributed by atoms with E-state index in [0.717, 1.165) is 10.0 Å². The molecule has 0 fully saturated rings. The number of hydrogen-bond acceptors (Lipinski definition) is 2. The van der Waals surface area contributed by atoms with E-state index in [4.69, 9.17) is 5.84 Å². The summed E-state index contributed by atoms with van der Waals surface area (Å²) in [6.45, 7) is 3.72. The number of hydrazine groups is 1. The minimum atomic E-state index is 0.00407. The van der Waals surface area contributed by atoms with E-state index in [1.54, 1.807) is 6.08 Å². The van der Waals surface area contributed by atoms with Crippen LogP contribution in [0.2, 0.25) is 0 Å². The largest absolute Gasteiger partial charge is 0.271 e. The summed E-state index contributed by atoms with van der Waals surface area (Å²) >= 11 is 5.69. The van der Waals surface area contributed by atoms with E-state index in [1.165, 1.54) is 3.57 Å². The van der Waals surface area contributed by atoms with Gasteiger partial charge in [-0.1, -0.05) is 22.0 Å². The molecule has 0 spiro atoms. The van der Waals surface area contributed by atoms with Crippen LogP contribution in [0.3, 0.4) is 0 Å². The number of halogens is 2. The van der Waals surface area contributed by atoms with Crippen molar-refractivity contribution in [2.75, 3.05) is 0 Å². The molecule has 0 amide bonds. The Balaban J connectivity index is 3.10. The Bertz CT molecular complexity index is 314. The fraction of sp³-hybridized carbons (Fsp3) is 0.111. The Kier molecular flexibility index (Phi) is 4.37. The second-order valence-electron chi connectivity index (χ2n) is 2.55. The zero-order valence-electron chi connectivity index (χ0n) is 6.93. The molecule has 1 atom stereocenters. The molecule has 13 heavy (non-hydrogen) atoms. The van der Waals surface area contributed by atoms with E-state index in [9.17, 15) is 0 Å². The molecule has 2 nitrogen and oxygen atoms in total. The Morgan fingerprint density at radius 2 is 2.31 bits per heavy atom. The van der Waals surface area contributed by atoms with Gasteiger partial charge in [-0.25, -0.2) is 5.43 Å². The maximum absolute atomic E-state index is 5.39. The maximum atomic E-state index is 5.39. The minimum absolute atomic E-state index is 0.00407. The standard InChI is InChI=1S/C9H10BrIN2/c1-2-9(13-12)7-5-6(10)3-4-8(7)11/h2-5,9,13H,1,12H2. The van der Waals surface area contributed by atoms with Crippen molar-refractivity contribution in [2.24, 2.45) is 5.84 Å². The van der Waals surface area contributed by atoms with Gasteiger partial charge in [0.15, 0.2) is 0 Å². The quantitative estimate of drug-likeness (QED) is 0.380. The van der Waals surface area contributed by atoms with Crippen LogP contribution in [0.25, 0.3) is 0 Å². The van der Waals surface area contributed by atoms with Crippen molar-refractivity contribution in [2.45, 2.75) is 6.04 Å². The van der Waals surface area contributed by atoms with Crippen LogP contribution < -0.4 is 11.3 Å². The first-order valence-corrected chi connectivity index (χ1v) is 5.60. The third-order valence-corrected chi connectivity index (χ3v) is 3.18. The lowest BCUT2D eigenvalue weighted by Crippen LogP contribution is -2.26. The van der Waals surface area contributed by atoms with Crippen LogP contribution in [0.5, 0.6) is 0 Å². The number of rotatable bonds is 3. The Hall–Kier alpha value is 0.0900. The molecule has 3 N–H and O–H groups in total. The molecular weight excluding hydrogens is 343 g/mol. The van der Waals surface area contributed by atoms with Gasteiger partial charge in [0.05, 0.1) is 6.04 Å². The summed E-state index contributed by atoms with van der Waals surface area (Å²) in [7, 11) is 0. The Morgan fingerprint density at radius 1 is 1.62 bits per heavy atom. The summed E-state index contributed by atoms with van der Waals surface area (Å²) in [5.41, 5.74) is 3.82. The molecule has 1 rings (SSSR count). The average Bonchev–Trinajstić information content (AvgIpc) is 2.13. The van der Waals surface area contributed by atoms with Crippen LogP contribution in [0.1, 0.15) is 11.6 Å². The highest BCUT2D eigenvalue weighted by Crippen LogP contribution is 2.24. The number of nitrogens with two attached hydrogens (primary N) is 1. The van der Waals surface area contributed by atoms with E-state index in [-0.39, 0.29) is 6.04 Å². The summed E-state index contributed by atoms with van der Waals surface area (Å²) in [5, 5.41) is 0. The molecule has 0 aromatic heterocycles. The van der Waals surface area contributed by atoms with E-state index in [1.807, 2.05) is 18.2 Å². The van der Waals surface area contributed by atoms with E-state index >= 15 is 0 Å². The molecule has 0 saturated carbocycles. The first-order chi connectivity index (χ1) is 6.19. The summed E-state index contributed by atoms with van der Waals surface area (Å²) in [6, 6.07) is 6.08. The molecule has 0 bridgehead atoms. The van der Waals surface area contributed by atoms with Crippen LogP contribution in [-0.4, -0.2) is 0 Å². The van der Waals surface area contributed by atoms with Crippen molar-refractivity contribution < 1.29 is 0 Å². The molecule has 0 saturated heterocycles. The first kappa shape index (κ1) is 11.2. The first-order valence-electron chi connectivity index (χ1n) is 3.72. The van der Waals surface area contributed by atoms with Gasteiger partial charge >= 0.3 is 0 Å². The molecule has 0 aliphatic carbocycles. The van der Waals surface area contributed by atoms with E-state index < -0.39 is 0 Å². The fourth-order valence-electron chi connectivity index (χ4n) is 1.04. The van der Waals surface area contributed by atoms with Crippen LogP contribution >= 0.6 is 38.5 Å². The second-order valence-corrected chi connectivity index (χ2v) is 4.62. The molecule has 1 aromatic rings. The molecule has 0 aliphatic rings. The predicted octanol–water partition coefficient (Wildman–Crippen LogP) is 2.74. The maximum Gasteiger partial charge on any atom is 0.0648 e. The van der Waals surface area contributed by atoms with Crippen molar-refractivity contribution in [1.29, 1.82) is 0 Å². The highest BCUT2D eigenvalue weighted by atomic mass is 127. The van der Waals surface area contributed by atoms with Crippen molar-refractivity contribution in [1.82, 2.24) is 5.43 Å². The van der Waals surface area contributed by atoms with Crippen LogP contribution in [0.4, 0.5) is 0 Å². The van der Waals surface area contributed by atoms with Gasteiger partial charge in [-0.05, 0) is 46.4 Å². The molecular formula is C9H10BrIN2. The lowest BCUT2D eigenvalue weighted by atomic mass is 10.1. The highest BCUT2D eigenvalue weighted by Gasteiger charge is 2.08. The topological polar surface area (TPSA) is 38.0 Å². The summed E-state index contributed by atoms with van der Waals surface area (Å²) < 4.78 is 2.22. The minimum Gasteiger partial charge on any atom is -0.271 e. The van der Waals surface area contributed by atoms with Gasteiger partial charge < -0.3 is 0 Å². The molecule has 70 valence electrons. The van der Waals surface area contributed by atoms with Crippen molar-refractivity contribution >= 4 is 38.5 Å². The zero-order chi connectivity index (χ0) is 9.84. The highest BCUT2D eigenvalue weighted by molar-refractivity contribution is 14.1. The number of benzene rings is 1. The van der Waals surface area contributed by atoms with Gasteiger partial charge in [0.2, 0.25) is 0 Å². The van der Waals surface area contributed by atoms with Gasteiger partial charge in [-0.3, -0.25) is 5.84 Å². The molecule has 0 aliphatic heterocycles. The van der Waals surface area contributed by atoms with Gasteiger partial charge in [-0.2, -0.15) is 0 Å². The summed E-state index contributed by atoms with van der Waals surface area (Å²) in [6.07, 6.45) is 1.78. The van der Waals surface area contributed by atoms with Crippen molar-refractivity contribution in [3.05, 3.63) is 44.5 Å². The van der Waals surface area contributed by atoms with Crippen LogP contribution in [-0.2, 0) is 0 Å². The van der Waals surface area contributed by atoms with E-state index in [2.05, 4.69) is 50.5 Å². The summed E-state index contributed by atoms with van der Waals surface area (Å²) in [5.74, 6) is 5.39. The average molecular weight is 353 g/mol.